The minimum absolute atomic E-state index is 0.0828. The Morgan fingerprint density at radius 1 is 1.50 bits per heavy atom. The second-order valence-corrected chi connectivity index (χ2v) is 6.43. The highest BCUT2D eigenvalue weighted by Crippen LogP contribution is 2.17. The van der Waals surface area contributed by atoms with E-state index in [4.69, 9.17) is 4.52 Å². The quantitative estimate of drug-likeness (QED) is 0.904. The van der Waals surface area contributed by atoms with Crippen molar-refractivity contribution in [2.45, 2.75) is 45.7 Å². The predicted octanol–water partition coefficient (Wildman–Crippen LogP) is 2.04. The molecule has 24 heavy (non-hydrogen) atoms. The maximum absolute atomic E-state index is 12.3. The number of aryl methyl sites for hydroxylation is 1. The van der Waals surface area contributed by atoms with Gasteiger partial charge in [-0.15, -0.1) is 0 Å². The molecule has 2 atom stereocenters. The van der Waals surface area contributed by atoms with Crippen molar-refractivity contribution in [3.8, 4) is 11.4 Å². The van der Waals surface area contributed by atoms with Crippen molar-refractivity contribution in [1.82, 2.24) is 25.3 Å². The number of hydrogen-bond donors (Lipinski definition) is 1. The zero-order valence-corrected chi connectivity index (χ0v) is 14.3. The molecule has 1 amide bonds. The van der Waals surface area contributed by atoms with Crippen LogP contribution in [0.25, 0.3) is 11.4 Å². The van der Waals surface area contributed by atoms with Gasteiger partial charge >= 0.3 is 0 Å². The monoisotopic (exact) mass is 329 g/mol. The molecule has 0 spiro atoms. The van der Waals surface area contributed by atoms with E-state index in [9.17, 15) is 4.79 Å². The molecule has 3 rings (SSSR count). The molecule has 0 saturated carbocycles. The van der Waals surface area contributed by atoms with Gasteiger partial charge in [0.1, 0.15) is 5.69 Å². The fourth-order valence-corrected chi connectivity index (χ4v) is 3.04. The Hall–Kier alpha value is -2.28. The van der Waals surface area contributed by atoms with E-state index in [0.29, 0.717) is 23.5 Å². The number of hydrogen-bond acceptors (Lipinski definition) is 6. The molecule has 3 heterocycles. The molecule has 1 fully saturated rings. The summed E-state index contributed by atoms with van der Waals surface area (Å²) in [4.78, 5) is 23.1. The Bertz CT molecular complexity index is 697. The highest BCUT2D eigenvalue weighted by atomic mass is 16.5. The molecule has 0 radical (unpaired) electrons. The van der Waals surface area contributed by atoms with Gasteiger partial charge < -0.3 is 9.84 Å². The van der Waals surface area contributed by atoms with Crippen molar-refractivity contribution in [1.29, 1.82) is 0 Å². The summed E-state index contributed by atoms with van der Waals surface area (Å²) < 4.78 is 4.95. The molecule has 1 aliphatic rings. The van der Waals surface area contributed by atoms with Crippen LogP contribution < -0.4 is 5.32 Å². The average molecular weight is 329 g/mol. The smallest absolute Gasteiger partial charge is 0.270 e. The molecule has 1 saturated heterocycles. The first-order valence-electron chi connectivity index (χ1n) is 8.34. The maximum Gasteiger partial charge on any atom is 0.270 e. The van der Waals surface area contributed by atoms with E-state index in [1.807, 2.05) is 6.92 Å². The summed E-state index contributed by atoms with van der Waals surface area (Å²) in [5.74, 6) is 0.810. The molecule has 0 aromatic carbocycles. The van der Waals surface area contributed by atoms with E-state index in [2.05, 4.69) is 32.3 Å². The SMILES string of the molecule is Cc1nc(-c2ccc(C(=O)N[C@H](C)CN3CCC[C@@H]3C)nc2)no1. The summed E-state index contributed by atoms with van der Waals surface area (Å²) in [6, 6.07) is 4.14. The fraction of sp³-hybridized carbons (Fsp3) is 0.529. The van der Waals surface area contributed by atoms with Crippen LogP contribution in [0.15, 0.2) is 22.9 Å². The lowest BCUT2D eigenvalue weighted by molar-refractivity contribution is 0.0923. The Labute approximate surface area is 141 Å². The van der Waals surface area contributed by atoms with Crippen molar-refractivity contribution in [2.24, 2.45) is 0 Å². The van der Waals surface area contributed by atoms with Gasteiger partial charge in [0.25, 0.3) is 5.91 Å². The second-order valence-electron chi connectivity index (χ2n) is 6.43. The van der Waals surface area contributed by atoms with Gasteiger partial charge in [0.05, 0.1) is 0 Å². The van der Waals surface area contributed by atoms with Crippen molar-refractivity contribution in [3.05, 3.63) is 29.9 Å². The van der Waals surface area contributed by atoms with Gasteiger partial charge in [-0.2, -0.15) is 4.98 Å². The normalized spacial score (nSPS) is 19.4. The number of carbonyl (C=O) groups is 1. The van der Waals surface area contributed by atoms with E-state index in [0.717, 1.165) is 18.7 Å². The number of aromatic nitrogens is 3. The highest BCUT2D eigenvalue weighted by molar-refractivity contribution is 5.92. The number of likely N-dealkylation sites (tertiary alicyclic amines) is 1. The van der Waals surface area contributed by atoms with Gasteiger partial charge in [-0.3, -0.25) is 14.7 Å². The molecular formula is C17H23N5O2. The Balaban J connectivity index is 1.58. The van der Waals surface area contributed by atoms with E-state index in [-0.39, 0.29) is 11.9 Å². The number of nitrogens with one attached hydrogen (secondary N) is 1. The molecule has 1 N–H and O–H groups in total. The van der Waals surface area contributed by atoms with Crippen LogP contribution in [0.1, 0.15) is 43.1 Å². The van der Waals surface area contributed by atoms with Gasteiger partial charge in [0.2, 0.25) is 11.7 Å². The minimum Gasteiger partial charge on any atom is -0.347 e. The van der Waals surface area contributed by atoms with Crippen molar-refractivity contribution >= 4 is 5.91 Å². The van der Waals surface area contributed by atoms with Crippen molar-refractivity contribution in [3.63, 3.8) is 0 Å². The Kier molecular flexibility index (Phi) is 4.89. The van der Waals surface area contributed by atoms with Crippen molar-refractivity contribution < 1.29 is 9.32 Å². The van der Waals surface area contributed by atoms with Crippen LogP contribution >= 0.6 is 0 Å². The molecule has 7 nitrogen and oxygen atoms in total. The maximum atomic E-state index is 12.3. The van der Waals surface area contributed by atoms with Gasteiger partial charge in [0, 0.05) is 37.3 Å². The lowest BCUT2D eigenvalue weighted by atomic mass is 10.2. The van der Waals surface area contributed by atoms with E-state index in [1.165, 1.54) is 12.8 Å². The zero-order valence-electron chi connectivity index (χ0n) is 14.3. The summed E-state index contributed by atoms with van der Waals surface area (Å²) in [5, 5.41) is 6.86. The first kappa shape index (κ1) is 16.6. The molecule has 0 aliphatic carbocycles. The summed E-state index contributed by atoms with van der Waals surface area (Å²) >= 11 is 0. The topological polar surface area (TPSA) is 84.2 Å². The molecule has 2 aromatic heterocycles. The first-order chi connectivity index (χ1) is 11.5. The summed E-state index contributed by atoms with van der Waals surface area (Å²) in [7, 11) is 0. The minimum atomic E-state index is -0.162. The third-order valence-electron chi connectivity index (χ3n) is 4.36. The van der Waals surface area contributed by atoms with Crippen LogP contribution in [0, 0.1) is 6.92 Å². The lowest BCUT2D eigenvalue weighted by Gasteiger charge is -2.25. The molecule has 2 aromatic rings. The highest BCUT2D eigenvalue weighted by Gasteiger charge is 2.22. The molecule has 7 heteroatoms. The van der Waals surface area contributed by atoms with Crippen LogP contribution in [0.4, 0.5) is 0 Å². The summed E-state index contributed by atoms with van der Waals surface area (Å²) in [6.45, 7) is 7.97. The van der Waals surface area contributed by atoms with E-state index in [1.54, 1.807) is 25.3 Å². The molecule has 0 bridgehead atoms. The fourth-order valence-electron chi connectivity index (χ4n) is 3.04. The van der Waals surface area contributed by atoms with Crippen LogP contribution in [0.3, 0.4) is 0 Å². The molecule has 0 unspecified atom stereocenters. The number of pyridine rings is 1. The molecule has 1 aliphatic heterocycles. The van der Waals surface area contributed by atoms with Gasteiger partial charge in [-0.05, 0) is 45.4 Å². The molecular weight excluding hydrogens is 306 g/mol. The van der Waals surface area contributed by atoms with Gasteiger partial charge in [-0.25, -0.2) is 0 Å². The number of rotatable bonds is 5. The van der Waals surface area contributed by atoms with Crippen LogP contribution in [0.2, 0.25) is 0 Å². The van der Waals surface area contributed by atoms with Crippen LogP contribution in [-0.2, 0) is 0 Å². The Morgan fingerprint density at radius 2 is 2.33 bits per heavy atom. The number of amides is 1. The third-order valence-corrected chi connectivity index (χ3v) is 4.36. The first-order valence-corrected chi connectivity index (χ1v) is 8.34. The number of carbonyl (C=O) groups excluding carboxylic acids is 1. The van der Waals surface area contributed by atoms with Gasteiger partial charge in [0.15, 0.2) is 0 Å². The summed E-state index contributed by atoms with van der Waals surface area (Å²) in [6.07, 6.45) is 4.06. The summed E-state index contributed by atoms with van der Waals surface area (Å²) in [5.41, 5.74) is 1.11. The third kappa shape index (κ3) is 3.79. The average Bonchev–Trinajstić information content (AvgIpc) is 3.16. The van der Waals surface area contributed by atoms with Crippen LogP contribution in [0.5, 0.6) is 0 Å². The predicted molar refractivity (Wildman–Crippen MR) is 89.5 cm³/mol. The van der Waals surface area contributed by atoms with E-state index < -0.39 is 0 Å². The lowest BCUT2D eigenvalue weighted by Crippen LogP contribution is -2.43. The largest absolute Gasteiger partial charge is 0.347 e. The standard InChI is InChI=1S/C17H23N5O2/c1-11(10-22-8-4-5-12(22)2)19-17(23)15-7-6-14(9-18-15)16-20-13(3)24-21-16/h6-7,9,11-12H,4-5,8,10H2,1-3H3,(H,19,23)/t11-,12+/m1/s1. The zero-order chi connectivity index (χ0) is 17.1. The van der Waals surface area contributed by atoms with Gasteiger partial charge in [-0.1, -0.05) is 5.16 Å². The van der Waals surface area contributed by atoms with Crippen LogP contribution in [-0.4, -0.2) is 51.1 Å². The van der Waals surface area contributed by atoms with Crippen molar-refractivity contribution in [2.75, 3.05) is 13.1 Å². The molecule has 128 valence electrons. The Morgan fingerprint density at radius 3 is 2.92 bits per heavy atom. The van der Waals surface area contributed by atoms with E-state index >= 15 is 0 Å². The number of nitrogens with zero attached hydrogens (tertiary/aromatic N) is 4. The second kappa shape index (κ2) is 7.09.